The quantitative estimate of drug-likeness (QED) is 0.732. The first-order valence-electron chi connectivity index (χ1n) is 6.76. The lowest BCUT2D eigenvalue weighted by molar-refractivity contribution is 0.220. The van der Waals surface area contributed by atoms with Crippen molar-refractivity contribution < 1.29 is 13.6 Å². The molecule has 2 aromatic rings. The summed E-state index contributed by atoms with van der Waals surface area (Å²) in [5.41, 5.74) is 1.85. The fraction of sp³-hybridized carbons (Fsp3) is 0.429. The van der Waals surface area contributed by atoms with E-state index in [1.165, 1.54) is 0 Å². The van der Waals surface area contributed by atoms with Crippen LogP contribution in [0.25, 0.3) is 10.9 Å². The van der Waals surface area contributed by atoms with Crippen LogP contribution in [0.2, 0.25) is 0 Å². The Balaban J connectivity index is 2.18. The molecule has 2 rings (SSSR count). The zero-order valence-electron chi connectivity index (χ0n) is 11.8. The second-order valence-corrected chi connectivity index (χ2v) is 6.49. The zero-order valence-corrected chi connectivity index (χ0v) is 12.7. The molecule has 6 heteroatoms. The molecule has 0 unspecified atom stereocenters. The number of fused-ring (bicyclic) bond motifs is 1. The van der Waals surface area contributed by atoms with Gasteiger partial charge in [-0.3, -0.25) is 4.57 Å². The molecule has 0 saturated heterocycles. The second-order valence-electron chi connectivity index (χ2n) is 4.31. The van der Waals surface area contributed by atoms with E-state index < -0.39 is 7.60 Å². The Kier molecular flexibility index (Phi) is 5.24. The Morgan fingerprint density at radius 2 is 1.85 bits per heavy atom. The van der Waals surface area contributed by atoms with Crippen molar-refractivity contribution in [3.63, 3.8) is 0 Å². The SMILES string of the molecule is CCOP(=O)(CCc1cnnc2ccccc12)OCC. The molecule has 1 heterocycles. The fourth-order valence-electron chi connectivity index (χ4n) is 2.08. The molecular formula is C14H19N2O3P. The summed E-state index contributed by atoms with van der Waals surface area (Å²) < 4.78 is 23.0. The third-order valence-corrected chi connectivity index (χ3v) is 5.01. The van der Waals surface area contributed by atoms with E-state index in [1.807, 2.05) is 38.1 Å². The molecule has 20 heavy (non-hydrogen) atoms. The number of rotatable bonds is 7. The van der Waals surface area contributed by atoms with Crippen molar-refractivity contribution in [2.45, 2.75) is 20.3 Å². The Bertz CT molecular complexity index is 603. The largest absolute Gasteiger partial charge is 0.330 e. The molecule has 1 aromatic carbocycles. The standard InChI is InChI=1S/C14H19N2O3P/c1-3-18-20(17,19-4-2)10-9-12-11-15-16-14-8-6-5-7-13(12)14/h5-8,11H,3-4,9-10H2,1-2H3. The van der Waals surface area contributed by atoms with Gasteiger partial charge in [-0.2, -0.15) is 10.2 Å². The monoisotopic (exact) mass is 294 g/mol. The molecule has 0 atom stereocenters. The number of hydrogen-bond donors (Lipinski definition) is 0. The molecule has 0 bridgehead atoms. The Morgan fingerprint density at radius 1 is 1.15 bits per heavy atom. The second kappa shape index (κ2) is 6.93. The van der Waals surface area contributed by atoms with Crippen LogP contribution in [-0.2, 0) is 20.0 Å². The summed E-state index contributed by atoms with van der Waals surface area (Å²) in [6, 6.07) is 7.78. The number of aromatic nitrogens is 2. The first kappa shape index (κ1) is 15.1. The van der Waals surface area contributed by atoms with Gasteiger partial charge in [0.25, 0.3) is 0 Å². The maximum absolute atomic E-state index is 12.4. The minimum atomic E-state index is -3.01. The fourth-order valence-corrected chi connectivity index (χ4v) is 3.71. The molecule has 0 aliphatic rings. The molecule has 0 spiro atoms. The van der Waals surface area contributed by atoms with Crippen LogP contribution in [0.5, 0.6) is 0 Å². The third-order valence-electron chi connectivity index (χ3n) is 2.94. The summed E-state index contributed by atoms with van der Waals surface area (Å²) in [5.74, 6) is 0. The van der Waals surface area contributed by atoms with Gasteiger partial charge in [0.2, 0.25) is 0 Å². The topological polar surface area (TPSA) is 61.3 Å². The first-order chi connectivity index (χ1) is 9.68. The van der Waals surface area contributed by atoms with E-state index in [9.17, 15) is 4.57 Å². The van der Waals surface area contributed by atoms with Crippen LogP contribution in [0.3, 0.4) is 0 Å². The maximum Gasteiger partial charge on any atom is 0.330 e. The zero-order chi connectivity index (χ0) is 14.4. The van der Waals surface area contributed by atoms with Crippen molar-refractivity contribution >= 4 is 18.5 Å². The molecular weight excluding hydrogens is 275 g/mol. The highest BCUT2D eigenvalue weighted by atomic mass is 31.2. The van der Waals surface area contributed by atoms with Crippen molar-refractivity contribution in [2.24, 2.45) is 0 Å². The highest BCUT2D eigenvalue weighted by Gasteiger charge is 2.23. The van der Waals surface area contributed by atoms with Crippen molar-refractivity contribution in [1.29, 1.82) is 0 Å². The molecule has 0 fully saturated rings. The van der Waals surface area contributed by atoms with Gasteiger partial charge < -0.3 is 9.05 Å². The smallest absolute Gasteiger partial charge is 0.309 e. The van der Waals surface area contributed by atoms with Crippen LogP contribution in [-0.4, -0.2) is 29.6 Å². The van der Waals surface area contributed by atoms with Gasteiger partial charge in [-0.25, -0.2) is 0 Å². The Hall–Kier alpha value is -1.29. The minimum absolute atomic E-state index is 0.352. The van der Waals surface area contributed by atoms with Crippen LogP contribution in [0.4, 0.5) is 0 Å². The van der Waals surface area contributed by atoms with E-state index in [-0.39, 0.29) is 0 Å². The van der Waals surface area contributed by atoms with Gasteiger partial charge in [-0.05, 0) is 31.9 Å². The number of hydrogen-bond acceptors (Lipinski definition) is 5. The molecule has 0 radical (unpaired) electrons. The summed E-state index contributed by atoms with van der Waals surface area (Å²) in [7, 11) is -3.01. The molecule has 0 aliphatic carbocycles. The van der Waals surface area contributed by atoms with Gasteiger partial charge in [-0.15, -0.1) is 0 Å². The van der Waals surface area contributed by atoms with Crippen LogP contribution in [0.15, 0.2) is 30.5 Å². The predicted octanol–water partition coefficient (Wildman–Crippen LogP) is 3.44. The summed E-state index contributed by atoms with van der Waals surface area (Å²) in [6.07, 6.45) is 2.66. The predicted molar refractivity (Wildman–Crippen MR) is 79.0 cm³/mol. The lowest BCUT2D eigenvalue weighted by Gasteiger charge is -2.17. The van der Waals surface area contributed by atoms with Crippen LogP contribution < -0.4 is 0 Å². The summed E-state index contributed by atoms with van der Waals surface area (Å²) >= 11 is 0. The molecule has 108 valence electrons. The summed E-state index contributed by atoms with van der Waals surface area (Å²) in [5, 5.41) is 9.09. The third kappa shape index (κ3) is 3.63. The van der Waals surface area contributed by atoms with Gasteiger partial charge in [0.1, 0.15) is 0 Å². The van der Waals surface area contributed by atoms with E-state index in [0.29, 0.717) is 25.8 Å². The highest BCUT2D eigenvalue weighted by Crippen LogP contribution is 2.48. The first-order valence-corrected chi connectivity index (χ1v) is 8.48. The summed E-state index contributed by atoms with van der Waals surface area (Å²) in [6.45, 7) is 4.39. The molecule has 0 N–H and O–H groups in total. The van der Waals surface area contributed by atoms with Crippen LogP contribution >= 0.6 is 7.60 Å². The van der Waals surface area contributed by atoms with E-state index in [4.69, 9.17) is 9.05 Å². The molecule has 1 aromatic heterocycles. The van der Waals surface area contributed by atoms with Crippen molar-refractivity contribution in [1.82, 2.24) is 10.2 Å². The van der Waals surface area contributed by atoms with Gasteiger partial charge in [-0.1, -0.05) is 18.2 Å². The average molecular weight is 294 g/mol. The van der Waals surface area contributed by atoms with E-state index in [2.05, 4.69) is 10.2 Å². The van der Waals surface area contributed by atoms with Gasteiger partial charge in [0, 0.05) is 5.39 Å². The molecule has 0 aliphatic heterocycles. The average Bonchev–Trinajstić information content (AvgIpc) is 2.46. The van der Waals surface area contributed by atoms with Crippen molar-refractivity contribution in [3.05, 3.63) is 36.0 Å². The normalized spacial score (nSPS) is 11.9. The lowest BCUT2D eigenvalue weighted by atomic mass is 10.1. The van der Waals surface area contributed by atoms with E-state index in [0.717, 1.165) is 16.5 Å². The molecule has 0 amide bonds. The number of nitrogens with zero attached hydrogens (tertiary/aromatic N) is 2. The van der Waals surface area contributed by atoms with E-state index in [1.54, 1.807) is 6.20 Å². The number of aryl methyl sites for hydroxylation is 1. The highest BCUT2D eigenvalue weighted by molar-refractivity contribution is 7.53. The van der Waals surface area contributed by atoms with Crippen LogP contribution in [0.1, 0.15) is 19.4 Å². The van der Waals surface area contributed by atoms with Gasteiger partial charge in [0.15, 0.2) is 0 Å². The molecule has 5 nitrogen and oxygen atoms in total. The van der Waals surface area contributed by atoms with Gasteiger partial charge in [0.05, 0.1) is 31.1 Å². The Morgan fingerprint density at radius 3 is 2.55 bits per heavy atom. The minimum Gasteiger partial charge on any atom is -0.309 e. The lowest BCUT2D eigenvalue weighted by Crippen LogP contribution is -2.03. The summed E-state index contributed by atoms with van der Waals surface area (Å²) in [4.78, 5) is 0. The Labute approximate surface area is 118 Å². The van der Waals surface area contributed by atoms with Crippen LogP contribution in [0, 0.1) is 0 Å². The van der Waals surface area contributed by atoms with E-state index >= 15 is 0 Å². The molecule has 0 saturated carbocycles. The number of benzene rings is 1. The van der Waals surface area contributed by atoms with Gasteiger partial charge >= 0.3 is 7.60 Å². The maximum atomic E-state index is 12.4. The van der Waals surface area contributed by atoms with Crippen molar-refractivity contribution in [3.8, 4) is 0 Å². The van der Waals surface area contributed by atoms with Crippen molar-refractivity contribution in [2.75, 3.05) is 19.4 Å².